The Bertz CT molecular complexity index is 699. The number of nitrogens with zero attached hydrogens (tertiary/aromatic N) is 3. The van der Waals surface area contributed by atoms with Crippen LogP contribution in [0.3, 0.4) is 0 Å². The number of piperidine rings is 1. The zero-order valence-corrected chi connectivity index (χ0v) is 14.1. The van der Waals surface area contributed by atoms with Gasteiger partial charge in [-0.15, -0.1) is 11.6 Å². The quantitative estimate of drug-likeness (QED) is 0.803. The number of carbonyl (C=O) groups excluding carboxylic acids is 1. The first-order valence-corrected chi connectivity index (χ1v) is 8.35. The number of aryl methyl sites for hydroxylation is 1. The zero-order chi connectivity index (χ0) is 16.4. The maximum atomic E-state index is 12.3. The fourth-order valence-corrected chi connectivity index (χ4v) is 3.08. The summed E-state index contributed by atoms with van der Waals surface area (Å²) in [7, 11) is 0. The van der Waals surface area contributed by atoms with Gasteiger partial charge in [0, 0.05) is 12.1 Å². The van der Waals surface area contributed by atoms with E-state index in [0.717, 1.165) is 30.4 Å². The van der Waals surface area contributed by atoms with E-state index in [-0.39, 0.29) is 11.9 Å². The molecular weight excluding hydrogens is 314 g/mol. The number of likely N-dealkylation sites (tertiary alicyclic amines) is 1. The van der Waals surface area contributed by atoms with Crippen LogP contribution in [0.25, 0.3) is 11.4 Å². The fourth-order valence-electron chi connectivity index (χ4n) is 2.95. The molecule has 0 bridgehead atoms. The van der Waals surface area contributed by atoms with E-state index in [2.05, 4.69) is 10.1 Å². The van der Waals surface area contributed by atoms with Gasteiger partial charge >= 0.3 is 0 Å². The maximum Gasteiger partial charge on any atom is 0.249 e. The molecule has 0 spiro atoms. The Labute approximate surface area is 140 Å². The van der Waals surface area contributed by atoms with Gasteiger partial charge in [0.05, 0.1) is 0 Å². The van der Waals surface area contributed by atoms with Gasteiger partial charge in [0.15, 0.2) is 0 Å². The average molecular weight is 334 g/mol. The third-order valence-electron chi connectivity index (χ3n) is 4.13. The second-order valence-corrected chi connectivity index (χ2v) is 6.64. The van der Waals surface area contributed by atoms with Gasteiger partial charge in [0.1, 0.15) is 11.4 Å². The van der Waals surface area contributed by atoms with Crippen molar-refractivity contribution in [2.45, 2.75) is 44.5 Å². The van der Waals surface area contributed by atoms with Crippen molar-refractivity contribution in [1.82, 2.24) is 15.0 Å². The Kier molecular flexibility index (Phi) is 4.66. The molecule has 1 saturated heterocycles. The highest BCUT2D eigenvalue weighted by Gasteiger charge is 2.33. The summed E-state index contributed by atoms with van der Waals surface area (Å²) in [4.78, 5) is 18.6. The molecule has 6 heteroatoms. The van der Waals surface area contributed by atoms with E-state index in [1.165, 1.54) is 0 Å². The number of hydrogen-bond acceptors (Lipinski definition) is 4. The van der Waals surface area contributed by atoms with Gasteiger partial charge in [0.25, 0.3) is 0 Å². The van der Waals surface area contributed by atoms with Crippen molar-refractivity contribution in [2.75, 3.05) is 6.54 Å². The third kappa shape index (κ3) is 3.39. The van der Waals surface area contributed by atoms with Crippen molar-refractivity contribution in [3.05, 3.63) is 35.7 Å². The molecule has 1 amide bonds. The molecule has 1 aromatic heterocycles. The molecule has 0 aliphatic carbocycles. The highest BCUT2D eigenvalue weighted by molar-refractivity contribution is 6.30. The van der Waals surface area contributed by atoms with Gasteiger partial charge in [-0.3, -0.25) is 4.79 Å². The molecule has 23 heavy (non-hydrogen) atoms. The van der Waals surface area contributed by atoms with Gasteiger partial charge in [0.2, 0.25) is 17.6 Å². The third-order valence-corrected chi connectivity index (χ3v) is 4.32. The summed E-state index contributed by atoms with van der Waals surface area (Å²) in [6, 6.07) is 7.77. The van der Waals surface area contributed by atoms with E-state index >= 15 is 0 Å². The first kappa shape index (κ1) is 16.0. The molecule has 1 aliphatic heterocycles. The highest BCUT2D eigenvalue weighted by atomic mass is 35.5. The van der Waals surface area contributed by atoms with E-state index < -0.39 is 5.38 Å². The predicted molar refractivity (Wildman–Crippen MR) is 88.1 cm³/mol. The van der Waals surface area contributed by atoms with Gasteiger partial charge in [-0.05, 0) is 39.2 Å². The molecule has 2 heterocycles. The Morgan fingerprint density at radius 2 is 2.26 bits per heavy atom. The monoisotopic (exact) mass is 333 g/mol. The summed E-state index contributed by atoms with van der Waals surface area (Å²) in [6.07, 6.45) is 2.84. The van der Waals surface area contributed by atoms with E-state index in [1.54, 1.807) is 11.8 Å². The van der Waals surface area contributed by atoms with Gasteiger partial charge in [-0.1, -0.05) is 28.9 Å². The fraction of sp³-hybridized carbons (Fsp3) is 0.471. The first-order valence-electron chi connectivity index (χ1n) is 7.91. The lowest BCUT2D eigenvalue weighted by molar-refractivity contribution is -0.135. The first-order chi connectivity index (χ1) is 11.1. The molecular formula is C17H20ClN3O2. The minimum Gasteiger partial charge on any atom is -0.337 e. The number of aromatic nitrogens is 2. The van der Waals surface area contributed by atoms with Crippen LogP contribution in [0.15, 0.2) is 28.8 Å². The Hall–Kier alpha value is -1.88. The standard InChI is InChI=1S/C17H20ClN3O2/c1-11-6-5-7-13(10-11)15-19-16(23-20-15)14-8-3-4-9-21(14)17(22)12(2)18/h5-7,10,12,14H,3-4,8-9H2,1-2H3/t12-,14-/m0/s1. The summed E-state index contributed by atoms with van der Waals surface area (Å²) in [5.74, 6) is 0.971. The smallest absolute Gasteiger partial charge is 0.249 e. The normalized spacial score (nSPS) is 19.6. The second kappa shape index (κ2) is 6.71. The van der Waals surface area contributed by atoms with Crippen LogP contribution < -0.4 is 0 Å². The van der Waals surface area contributed by atoms with E-state index in [1.807, 2.05) is 31.2 Å². The van der Waals surface area contributed by atoms with Crippen molar-refractivity contribution < 1.29 is 9.32 Å². The number of carbonyl (C=O) groups is 1. The van der Waals surface area contributed by atoms with Gasteiger partial charge in [-0.25, -0.2) is 0 Å². The zero-order valence-electron chi connectivity index (χ0n) is 13.3. The summed E-state index contributed by atoms with van der Waals surface area (Å²) >= 11 is 5.97. The topological polar surface area (TPSA) is 59.2 Å². The van der Waals surface area contributed by atoms with Crippen molar-refractivity contribution in [2.24, 2.45) is 0 Å². The number of benzene rings is 1. The van der Waals surface area contributed by atoms with Crippen LogP contribution in [0.5, 0.6) is 0 Å². The van der Waals surface area contributed by atoms with Crippen LogP contribution in [0, 0.1) is 6.92 Å². The number of alkyl halides is 1. The van der Waals surface area contributed by atoms with Crippen LogP contribution in [0.1, 0.15) is 43.7 Å². The molecule has 1 fully saturated rings. The molecule has 1 aliphatic rings. The molecule has 0 radical (unpaired) electrons. The van der Waals surface area contributed by atoms with E-state index in [9.17, 15) is 4.79 Å². The minimum absolute atomic E-state index is 0.0772. The SMILES string of the molecule is Cc1cccc(-c2noc([C@@H]3CCCCN3C(=O)[C@H](C)Cl)n2)c1. The van der Waals surface area contributed by atoms with Crippen LogP contribution in [0.4, 0.5) is 0 Å². The molecule has 2 atom stereocenters. The molecule has 5 nitrogen and oxygen atoms in total. The summed E-state index contributed by atoms with van der Waals surface area (Å²) in [6.45, 7) is 4.40. The van der Waals surface area contributed by atoms with Crippen molar-refractivity contribution in [3.8, 4) is 11.4 Å². The molecule has 0 unspecified atom stereocenters. The molecule has 3 rings (SSSR count). The average Bonchev–Trinajstić information content (AvgIpc) is 3.04. The molecule has 122 valence electrons. The lowest BCUT2D eigenvalue weighted by atomic mass is 10.0. The summed E-state index contributed by atoms with van der Waals surface area (Å²) in [5, 5.41) is 3.54. The van der Waals surface area contributed by atoms with Crippen LogP contribution in [-0.2, 0) is 4.79 Å². The number of hydrogen-bond donors (Lipinski definition) is 0. The maximum absolute atomic E-state index is 12.3. The van der Waals surface area contributed by atoms with Crippen LogP contribution >= 0.6 is 11.6 Å². The van der Waals surface area contributed by atoms with Crippen LogP contribution in [0.2, 0.25) is 0 Å². The van der Waals surface area contributed by atoms with E-state index in [4.69, 9.17) is 16.1 Å². The van der Waals surface area contributed by atoms with Gasteiger partial charge in [-0.2, -0.15) is 4.98 Å². The lowest BCUT2D eigenvalue weighted by Gasteiger charge is -2.34. The predicted octanol–water partition coefficient (Wildman–Crippen LogP) is 3.73. The number of rotatable bonds is 3. The second-order valence-electron chi connectivity index (χ2n) is 5.98. The number of amides is 1. The van der Waals surface area contributed by atoms with E-state index in [0.29, 0.717) is 18.3 Å². The molecule has 0 N–H and O–H groups in total. The summed E-state index contributed by atoms with van der Waals surface area (Å²) in [5.41, 5.74) is 2.05. The van der Waals surface area contributed by atoms with Crippen molar-refractivity contribution >= 4 is 17.5 Å². The number of halogens is 1. The van der Waals surface area contributed by atoms with Crippen molar-refractivity contribution in [1.29, 1.82) is 0 Å². The minimum atomic E-state index is -0.547. The summed E-state index contributed by atoms with van der Waals surface area (Å²) < 4.78 is 5.46. The molecule has 1 aromatic carbocycles. The molecule has 2 aromatic rings. The van der Waals surface area contributed by atoms with Crippen LogP contribution in [-0.4, -0.2) is 32.9 Å². The lowest BCUT2D eigenvalue weighted by Crippen LogP contribution is -2.41. The molecule has 0 saturated carbocycles. The highest BCUT2D eigenvalue weighted by Crippen LogP contribution is 2.32. The van der Waals surface area contributed by atoms with Crippen molar-refractivity contribution in [3.63, 3.8) is 0 Å². The Morgan fingerprint density at radius 3 is 3.00 bits per heavy atom. The Morgan fingerprint density at radius 1 is 1.43 bits per heavy atom. The largest absolute Gasteiger partial charge is 0.337 e. The Balaban J connectivity index is 1.87. The van der Waals surface area contributed by atoms with Gasteiger partial charge < -0.3 is 9.42 Å².